The topological polar surface area (TPSA) is 69.6 Å². The molecule has 0 heterocycles. The number of carbonyl (C=O) groups is 2. The van der Waals surface area contributed by atoms with Gasteiger partial charge in [-0.1, -0.05) is 37.6 Å². The van der Waals surface area contributed by atoms with Crippen LogP contribution in [0.5, 0.6) is 0 Å². The Morgan fingerprint density at radius 3 is 2.43 bits per heavy atom. The van der Waals surface area contributed by atoms with Crippen molar-refractivity contribution in [2.75, 3.05) is 7.05 Å². The van der Waals surface area contributed by atoms with Gasteiger partial charge in [-0.15, -0.1) is 0 Å². The van der Waals surface area contributed by atoms with Crippen molar-refractivity contribution >= 4 is 23.6 Å². The average molecular weight is 313 g/mol. The van der Waals surface area contributed by atoms with Gasteiger partial charge in [-0.05, 0) is 30.5 Å². The zero-order valence-corrected chi connectivity index (χ0v) is 13.3. The highest BCUT2D eigenvalue weighted by atomic mass is 35.5. The summed E-state index contributed by atoms with van der Waals surface area (Å²) < 4.78 is 0. The van der Waals surface area contributed by atoms with E-state index in [1.807, 2.05) is 12.1 Å². The minimum atomic E-state index is -1.22. The van der Waals surface area contributed by atoms with Crippen LogP contribution in [0.3, 0.4) is 0 Å². The second-order valence-corrected chi connectivity index (χ2v) is 5.45. The van der Waals surface area contributed by atoms with E-state index < -0.39 is 17.5 Å². The molecule has 0 aliphatic rings. The number of nitrogens with one attached hydrogen (secondary N) is 1. The highest BCUT2D eigenvalue weighted by Crippen LogP contribution is 2.17. The van der Waals surface area contributed by atoms with Gasteiger partial charge in [-0.25, -0.2) is 9.59 Å². The summed E-state index contributed by atoms with van der Waals surface area (Å²) in [6.45, 7) is 3.85. The van der Waals surface area contributed by atoms with Crippen LogP contribution in [-0.2, 0) is 11.3 Å². The van der Waals surface area contributed by atoms with E-state index in [0.717, 1.165) is 5.56 Å². The predicted molar refractivity (Wildman–Crippen MR) is 82.4 cm³/mol. The van der Waals surface area contributed by atoms with Gasteiger partial charge in [0.2, 0.25) is 0 Å². The Kier molecular flexibility index (Phi) is 6.03. The molecule has 0 bridgehead atoms. The number of halogens is 1. The fourth-order valence-electron chi connectivity index (χ4n) is 2.06. The van der Waals surface area contributed by atoms with E-state index in [1.165, 1.54) is 4.90 Å². The molecule has 0 unspecified atom stereocenters. The molecule has 21 heavy (non-hydrogen) atoms. The van der Waals surface area contributed by atoms with Crippen LogP contribution in [0.4, 0.5) is 4.79 Å². The zero-order chi connectivity index (χ0) is 16.0. The van der Waals surface area contributed by atoms with Gasteiger partial charge in [0.1, 0.15) is 5.54 Å². The number of hydrogen-bond acceptors (Lipinski definition) is 2. The molecule has 0 aliphatic carbocycles. The predicted octanol–water partition coefficient (Wildman–Crippen LogP) is 3.12. The number of carboxylic acids is 1. The lowest BCUT2D eigenvalue weighted by molar-refractivity contribution is -0.144. The summed E-state index contributed by atoms with van der Waals surface area (Å²) in [6, 6.07) is 6.79. The molecule has 2 amide bonds. The highest BCUT2D eigenvalue weighted by Gasteiger charge is 2.37. The smallest absolute Gasteiger partial charge is 0.329 e. The van der Waals surface area contributed by atoms with Gasteiger partial charge in [-0.3, -0.25) is 0 Å². The number of carboxylic acid groups (broad SMARTS) is 1. The molecule has 1 aromatic rings. The first-order valence-electron chi connectivity index (χ1n) is 6.85. The Morgan fingerprint density at radius 1 is 1.33 bits per heavy atom. The Bertz CT molecular complexity index is 515. The van der Waals surface area contributed by atoms with Crippen molar-refractivity contribution in [2.24, 2.45) is 0 Å². The second kappa shape index (κ2) is 7.31. The van der Waals surface area contributed by atoms with Crippen molar-refractivity contribution in [3.05, 3.63) is 34.9 Å². The SMILES string of the molecule is CCC(CC)(NC(=O)N(C)Cc1cccc(Cl)c1)C(=O)O. The van der Waals surface area contributed by atoms with Crippen LogP contribution in [0.25, 0.3) is 0 Å². The number of urea groups is 1. The molecule has 1 rings (SSSR count). The van der Waals surface area contributed by atoms with Crippen molar-refractivity contribution in [1.82, 2.24) is 10.2 Å². The Balaban J connectivity index is 2.76. The van der Waals surface area contributed by atoms with E-state index in [0.29, 0.717) is 24.4 Å². The Morgan fingerprint density at radius 2 is 1.95 bits per heavy atom. The maximum Gasteiger partial charge on any atom is 0.329 e. The van der Waals surface area contributed by atoms with Crippen LogP contribution in [0.2, 0.25) is 5.02 Å². The standard InChI is InChI=1S/C15H21ClN2O3/c1-4-15(5-2,13(19)20)17-14(21)18(3)10-11-7-6-8-12(16)9-11/h6-9H,4-5,10H2,1-3H3,(H,17,21)(H,19,20). The van der Waals surface area contributed by atoms with Crippen molar-refractivity contribution in [2.45, 2.75) is 38.8 Å². The highest BCUT2D eigenvalue weighted by molar-refractivity contribution is 6.30. The normalized spacial score (nSPS) is 11.0. The minimum Gasteiger partial charge on any atom is -0.480 e. The summed E-state index contributed by atoms with van der Waals surface area (Å²) in [6.07, 6.45) is 0.658. The number of amides is 2. The quantitative estimate of drug-likeness (QED) is 0.848. The molecule has 0 saturated carbocycles. The van der Waals surface area contributed by atoms with Crippen LogP contribution < -0.4 is 5.32 Å². The average Bonchev–Trinajstić information content (AvgIpc) is 2.44. The monoisotopic (exact) mass is 312 g/mol. The largest absolute Gasteiger partial charge is 0.480 e. The first-order chi connectivity index (χ1) is 9.84. The first-order valence-corrected chi connectivity index (χ1v) is 7.23. The van der Waals surface area contributed by atoms with E-state index in [-0.39, 0.29) is 0 Å². The summed E-state index contributed by atoms with van der Waals surface area (Å²) in [7, 11) is 1.62. The number of hydrogen-bond donors (Lipinski definition) is 2. The molecule has 0 atom stereocenters. The molecule has 0 aromatic heterocycles. The summed E-state index contributed by atoms with van der Waals surface area (Å²) in [5, 5.41) is 12.5. The molecule has 0 radical (unpaired) electrons. The molecule has 6 heteroatoms. The third-order valence-corrected chi connectivity index (χ3v) is 3.85. The van der Waals surface area contributed by atoms with Crippen LogP contribution in [0.15, 0.2) is 24.3 Å². The van der Waals surface area contributed by atoms with E-state index in [2.05, 4.69) is 5.32 Å². The van der Waals surface area contributed by atoms with Gasteiger partial charge in [-0.2, -0.15) is 0 Å². The third-order valence-electron chi connectivity index (χ3n) is 3.62. The second-order valence-electron chi connectivity index (χ2n) is 5.01. The zero-order valence-electron chi connectivity index (χ0n) is 12.5. The van der Waals surface area contributed by atoms with Gasteiger partial charge in [0, 0.05) is 18.6 Å². The summed E-state index contributed by atoms with van der Waals surface area (Å²) in [5.41, 5.74) is -0.339. The van der Waals surface area contributed by atoms with E-state index in [9.17, 15) is 14.7 Å². The number of carbonyl (C=O) groups excluding carboxylic acids is 1. The van der Waals surface area contributed by atoms with Crippen molar-refractivity contribution in [1.29, 1.82) is 0 Å². The molecule has 0 spiro atoms. The van der Waals surface area contributed by atoms with Gasteiger partial charge in [0.25, 0.3) is 0 Å². The third kappa shape index (κ3) is 4.36. The first kappa shape index (κ1) is 17.3. The number of nitrogens with zero attached hydrogens (tertiary/aromatic N) is 1. The molecular weight excluding hydrogens is 292 g/mol. The lowest BCUT2D eigenvalue weighted by Crippen LogP contribution is -2.56. The van der Waals surface area contributed by atoms with Gasteiger partial charge < -0.3 is 15.3 Å². The lowest BCUT2D eigenvalue weighted by Gasteiger charge is -2.30. The lowest BCUT2D eigenvalue weighted by atomic mass is 9.93. The van der Waals surface area contributed by atoms with E-state index in [4.69, 9.17) is 11.6 Å². The fourth-order valence-corrected chi connectivity index (χ4v) is 2.28. The molecule has 5 nitrogen and oxygen atoms in total. The van der Waals surface area contributed by atoms with Crippen LogP contribution in [0.1, 0.15) is 32.3 Å². The molecule has 116 valence electrons. The van der Waals surface area contributed by atoms with Gasteiger partial charge in [0.15, 0.2) is 0 Å². The Hall–Kier alpha value is -1.75. The molecular formula is C15H21ClN2O3. The number of benzene rings is 1. The number of rotatable bonds is 6. The fraction of sp³-hybridized carbons (Fsp3) is 0.467. The minimum absolute atomic E-state index is 0.329. The van der Waals surface area contributed by atoms with Crippen LogP contribution >= 0.6 is 11.6 Å². The van der Waals surface area contributed by atoms with E-state index in [1.54, 1.807) is 33.0 Å². The van der Waals surface area contributed by atoms with Crippen molar-refractivity contribution in [3.8, 4) is 0 Å². The summed E-state index contributed by atoms with van der Waals surface area (Å²) in [5.74, 6) is -1.02. The molecule has 0 saturated heterocycles. The van der Waals surface area contributed by atoms with Crippen molar-refractivity contribution in [3.63, 3.8) is 0 Å². The van der Waals surface area contributed by atoms with E-state index >= 15 is 0 Å². The molecule has 1 aromatic carbocycles. The molecule has 2 N–H and O–H groups in total. The Labute approximate surface area is 129 Å². The van der Waals surface area contributed by atoms with Gasteiger partial charge >= 0.3 is 12.0 Å². The molecule has 0 fully saturated rings. The maximum absolute atomic E-state index is 12.2. The van der Waals surface area contributed by atoms with Crippen LogP contribution in [-0.4, -0.2) is 34.6 Å². The van der Waals surface area contributed by atoms with Crippen LogP contribution in [0, 0.1) is 0 Å². The number of aliphatic carboxylic acids is 1. The molecule has 0 aliphatic heterocycles. The maximum atomic E-state index is 12.2. The summed E-state index contributed by atoms with van der Waals surface area (Å²) >= 11 is 5.90. The summed E-state index contributed by atoms with van der Waals surface area (Å²) in [4.78, 5) is 25.0. The van der Waals surface area contributed by atoms with Crippen molar-refractivity contribution < 1.29 is 14.7 Å². The van der Waals surface area contributed by atoms with Gasteiger partial charge in [0.05, 0.1) is 0 Å².